The average Bonchev–Trinajstić information content (AvgIpc) is 2.20. The average molecular weight is 259 g/mol. The number of nitrogens with zero attached hydrogens (tertiary/aromatic N) is 2. The zero-order valence-corrected chi connectivity index (χ0v) is 10.2. The molecule has 78 valence electrons. The second kappa shape index (κ2) is 5.14. The van der Waals surface area contributed by atoms with E-state index in [2.05, 4.69) is 50.4 Å². The highest BCUT2D eigenvalue weighted by Crippen LogP contribution is 2.19. The van der Waals surface area contributed by atoms with Crippen LogP contribution in [-0.2, 0) is 0 Å². The van der Waals surface area contributed by atoms with Gasteiger partial charge in [-0.1, -0.05) is 6.92 Å². The van der Waals surface area contributed by atoms with Crippen LogP contribution in [-0.4, -0.2) is 23.1 Å². The zero-order chi connectivity index (χ0) is 10.6. The van der Waals surface area contributed by atoms with Crippen molar-refractivity contribution in [2.24, 2.45) is 0 Å². The van der Waals surface area contributed by atoms with E-state index >= 15 is 0 Å². The highest BCUT2D eigenvalue weighted by molar-refractivity contribution is 9.10. The standard InChI is InChI=1S/C9H15BrN4/c1-4-6(2)13-9-12-5-7(10)8(11-3)14-9/h5-6H,4H2,1-3H3,(H2,11,12,13,14). The maximum atomic E-state index is 4.30. The molecule has 0 bridgehead atoms. The van der Waals surface area contributed by atoms with Crippen molar-refractivity contribution in [1.82, 2.24) is 9.97 Å². The van der Waals surface area contributed by atoms with Crippen LogP contribution in [0.2, 0.25) is 0 Å². The fraction of sp³-hybridized carbons (Fsp3) is 0.556. The molecule has 5 heteroatoms. The summed E-state index contributed by atoms with van der Waals surface area (Å²) < 4.78 is 0.870. The van der Waals surface area contributed by atoms with Crippen LogP contribution in [0.15, 0.2) is 10.7 Å². The Morgan fingerprint density at radius 2 is 2.29 bits per heavy atom. The van der Waals surface area contributed by atoms with Crippen LogP contribution in [0.3, 0.4) is 0 Å². The SMILES string of the molecule is CCC(C)Nc1ncc(Br)c(NC)n1. The summed E-state index contributed by atoms with van der Waals surface area (Å²) in [6.07, 6.45) is 2.79. The molecule has 0 amide bonds. The molecule has 0 spiro atoms. The predicted molar refractivity (Wildman–Crippen MR) is 62.7 cm³/mol. The van der Waals surface area contributed by atoms with Gasteiger partial charge in [0.05, 0.1) is 4.47 Å². The van der Waals surface area contributed by atoms with E-state index in [-0.39, 0.29) is 0 Å². The lowest BCUT2D eigenvalue weighted by Gasteiger charge is -2.12. The molecule has 0 aromatic carbocycles. The Morgan fingerprint density at radius 3 is 2.86 bits per heavy atom. The van der Waals surface area contributed by atoms with Gasteiger partial charge in [0, 0.05) is 19.3 Å². The zero-order valence-electron chi connectivity index (χ0n) is 8.63. The van der Waals surface area contributed by atoms with Crippen molar-refractivity contribution in [3.8, 4) is 0 Å². The monoisotopic (exact) mass is 258 g/mol. The first-order valence-electron chi connectivity index (χ1n) is 4.64. The molecule has 1 heterocycles. The quantitative estimate of drug-likeness (QED) is 0.872. The summed E-state index contributed by atoms with van der Waals surface area (Å²) in [5.74, 6) is 1.46. The van der Waals surface area contributed by atoms with E-state index in [1.165, 1.54) is 0 Å². The number of halogens is 1. The number of aromatic nitrogens is 2. The molecular formula is C9H15BrN4. The van der Waals surface area contributed by atoms with E-state index in [0.717, 1.165) is 16.7 Å². The smallest absolute Gasteiger partial charge is 0.224 e. The van der Waals surface area contributed by atoms with Crippen LogP contribution in [0.25, 0.3) is 0 Å². The van der Waals surface area contributed by atoms with Gasteiger partial charge >= 0.3 is 0 Å². The van der Waals surface area contributed by atoms with Gasteiger partial charge in [0.2, 0.25) is 5.95 Å². The van der Waals surface area contributed by atoms with Crippen LogP contribution < -0.4 is 10.6 Å². The number of anilines is 2. The molecular weight excluding hydrogens is 244 g/mol. The molecule has 4 nitrogen and oxygen atoms in total. The highest BCUT2D eigenvalue weighted by atomic mass is 79.9. The van der Waals surface area contributed by atoms with Crippen molar-refractivity contribution in [1.29, 1.82) is 0 Å². The van der Waals surface area contributed by atoms with Crippen LogP contribution in [0.5, 0.6) is 0 Å². The Labute approximate surface area is 92.7 Å². The van der Waals surface area contributed by atoms with E-state index in [9.17, 15) is 0 Å². The summed E-state index contributed by atoms with van der Waals surface area (Å²) in [7, 11) is 1.83. The summed E-state index contributed by atoms with van der Waals surface area (Å²) in [5, 5.41) is 6.20. The predicted octanol–water partition coefficient (Wildman–Crippen LogP) is 2.49. The van der Waals surface area contributed by atoms with E-state index in [0.29, 0.717) is 12.0 Å². The number of nitrogens with one attached hydrogen (secondary N) is 2. The van der Waals surface area contributed by atoms with E-state index in [4.69, 9.17) is 0 Å². The Kier molecular flexibility index (Phi) is 4.13. The van der Waals surface area contributed by atoms with Gasteiger partial charge in [-0.05, 0) is 29.3 Å². The molecule has 0 aliphatic heterocycles. The second-order valence-corrected chi connectivity index (χ2v) is 3.95. The lowest BCUT2D eigenvalue weighted by Crippen LogP contribution is -2.16. The first-order valence-corrected chi connectivity index (χ1v) is 5.43. The first kappa shape index (κ1) is 11.2. The van der Waals surface area contributed by atoms with Gasteiger partial charge in [-0.3, -0.25) is 0 Å². The van der Waals surface area contributed by atoms with E-state index in [1.807, 2.05) is 7.05 Å². The molecule has 14 heavy (non-hydrogen) atoms. The molecule has 2 N–H and O–H groups in total. The van der Waals surface area contributed by atoms with Gasteiger partial charge in [0.15, 0.2) is 0 Å². The summed E-state index contributed by atoms with van der Waals surface area (Å²) in [5.41, 5.74) is 0. The van der Waals surface area contributed by atoms with Crippen molar-refractivity contribution in [2.45, 2.75) is 26.3 Å². The molecule has 1 aromatic rings. The van der Waals surface area contributed by atoms with Gasteiger partial charge in [0.1, 0.15) is 5.82 Å². The van der Waals surface area contributed by atoms with Crippen molar-refractivity contribution < 1.29 is 0 Å². The van der Waals surface area contributed by atoms with Crippen molar-refractivity contribution >= 4 is 27.7 Å². The Hall–Kier alpha value is -0.840. The van der Waals surface area contributed by atoms with Gasteiger partial charge in [-0.25, -0.2) is 4.98 Å². The van der Waals surface area contributed by atoms with Gasteiger partial charge in [0.25, 0.3) is 0 Å². The fourth-order valence-electron chi connectivity index (χ4n) is 0.934. The van der Waals surface area contributed by atoms with Crippen molar-refractivity contribution in [3.05, 3.63) is 10.7 Å². The van der Waals surface area contributed by atoms with Gasteiger partial charge in [-0.2, -0.15) is 4.98 Å². The number of rotatable bonds is 4. The third kappa shape index (κ3) is 2.83. The lowest BCUT2D eigenvalue weighted by atomic mass is 10.3. The Balaban J connectivity index is 2.79. The molecule has 0 radical (unpaired) electrons. The number of hydrogen-bond donors (Lipinski definition) is 2. The molecule has 0 saturated heterocycles. The largest absolute Gasteiger partial charge is 0.372 e. The number of hydrogen-bond acceptors (Lipinski definition) is 4. The molecule has 0 aliphatic rings. The van der Waals surface area contributed by atoms with Crippen molar-refractivity contribution in [2.75, 3.05) is 17.7 Å². The van der Waals surface area contributed by atoms with Gasteiger partial charge < -0.3 is 10.6 Å². The third-order valence-electron chi connectivity index (χ3n) is 1.97. The fourth-order valence-corrected chi connectivity index (χ4v) is 1.32. The molecule has 0 saturated carbocycles. The highest BCUT2D eigenvalue weighted by Gasteiger charge is 2.04. The topological polar surface area (TPSA) is 49.8 Å². The van der Waals surface area contributed by atoms with Crippen LogP contribution in [0.1, 0.15) is 20.3 Å². The third-order valence-corrected chi connectivity index (χ3v) is 2.55. The summed E-state index contributed by atoms with van der Waals surface area (Å²) in [6.45, 7) is 4.22. The molecule has 1 aromatic heterocycles. The molecule has 1 rings (SSSR count). The second-order valence-electron chi connectivity index (χ2n) is 3.09. The summed E-state index contributed by atoms with van der Waals surface area (Å²) >= 11 is 3.36. The first-order chi connectivity index (χ1) is 6.67. The molecule has 0 fully saturated rings. The van der Waals surface area contributed by atoms with Crippen LogP contribution in [0.4, 0.5) is 11.8 Å². The van der Waals surface area contributed by atoms with Gasteiger partial charge in [-0.15, -0.1) is 0 Å². The maximum absolute atomic E-state index is 4.30. The molecule has 1 unspecified atom stereocenters. The van der Waals surface area contributed by atoms with E-state index in [1.54, 1.807) is 6.20 Å². The minimum Gasteiger partial charge on any atom is -0.372 e. The lowest BCUT2D eigenvalue weighted by molar-refractivity contribution is 0.753. The van der Waals surface area contributed by atoms with Crippen LogP contribution in [0, 0.1) is 0 Å². The van der Waals surface area contributed by atoms with Crippen molar-refractivity contribution in [3.63, 3.8) is 0 Å². The molecule has 0 aliphatic carbocycles. The maximum Gasteiger partial charge on any atom is 0.224 e. The Morgan fingerprint density at radius 1 is 1.57 bits per heavy atom. The van der Waals surface area contributed by atoms with Crippen LogP contribution >= 0.6 is 15.9 Å². The minimum atomic E-state index is 0.390. The molecule has 1 atom stereocenters. The minimum absolute atomic E-state index is 0.390. The van der Waals surface area contributed by atoms with E-state index < -0.39 is 0 Å². The normalized spacial score (nSPS) is 12.3. The Bertz CT molecular complexity index is 303. The summed E-state index contributed by atoms with van der Waals surface area (Å²) in [6, 6.07) is 0.390. The summed E-state index contributed by atoms with van der Waals surface area (Å²) in [4.78, 5) is 8.46.